The molecule has 1 saturated carbocycles. The molecule has 1 aliphatic carbocycles. The summed E-state index contributed by atoms with van der Waals surface area (Å²) in [5.41, 5.74) is 1.21. The summed E-state index contributed by atoms with van der Waals surface area (Å²) in [6, 6.07) is 6.88. The summed E-state index contributed by atoms with van der Waals surface area (Å²) in [5, 5.41) is 4.90. The van der Waals surface area contributed by atoms with Crippen molar-refractivity contribution in [1.29, 1.82) is 0 Å². The van der Waals surface area contributed by atoms with Crippen molar-refractivity contribution < 1.29 is 0 Å². The topological polar surface area (TPSA) is 12.0 Å². The van der Waals surface area contributed by atoms with E-state index in [0.717, 1.165) is 0 Å². The highest BCUT2D eigenvalue weighted by molar-refractivity contribution is 6.42. The summed E-state index contributed by atoms with van der Waals surface area (Å²) in [5.74, 6) is 0. The first-order chi connectivity index (χ1) is 7.66. The third-order valence-corrected chi connectivity index (χ3v) is 4.02. The zero-order valence-corrected chi connectivity index (χ0v) is 11.0. The number of hydrogen-bond acceptors (Lipinski definition) is 1. The molecule has 0 radical (unpaired) electrons. The van der Waals surface area contributed by atoms with E-state index in [2.05, 4.69) is 12.2 Å². The zero-order valence-electron chi connectivity index (χ0n) is 9.47. The molecular weight excluding hydrogens is 241 g/mol. The normalized spacial score (nSPS) is 18.9. The highest BCUT2D eigenvalue weighted by Gasteiger charge is 2.17. The quantitative estimate of drug-likeness (QED) is 0.836. The molecule has 16 heavy (non-hydrogen) atoms. The molecule has 0 aromatic heterocycles. The molecule has 0 heterocycles. The van der Waals surface area contributed by atoms with Gasteiger partial charge in [0.15, 0.2) is 0 Å². The predicted octanol–water partition coefficient (Wildman–Crippen LogP) is 4.59. The first kappa shape index (κ1) is 12.2. The Morgan fingerprint density at radius 2 is 1.88 bits per heavy atom. The smallest absolute Gasteiger partial charge is 0.0595 e. The largest absolute Gasteiger partial charge is 0.307 e. The van der Waals surface area contributed by atoms with Crippen LogP contribution in [0, 0.1) is 0 Å². The van der Waals surface area contributed by atoms with Gasteiger partial charge in [-0.25, -0.2) is 0 Å². The molecule has 0 aliphatic heterocycles. The number of rotatable bonds is 3. The fourth-order valence-electron chi connectivity index (χ4n) is 2.32. The van der Waals surface area contributed by atoms with Gasteiger partial charge in [-0.2, -0.15) is 0 Å². The highest BCUT2D eigenvalue weighted by Crippen LogP contribution is 2.27. The van der Waals surface area contributed by atoms with E-state index >= 15 is 0 Å². The Bertz CT molecular complexity index is 359. The summed E-state index contributed by atoms with van der Waals surface area (Å²) in [4.78, 5) is 0. The van der Waals surface area contributed by atoms with Crippen LogP contribution < -0.4 is 5.32 Å². The Kier molecular flexibility index (Phi) is 4.12. The Balaban J connectivity index is 2.02. The lowest BCUT2D eigenvalue weighted by Crippen LogP contribution is -2.28. The average molecular weight is 258 g/mol. The van der Waals surface area contributed by atoms with E-state index in [1.807, 2.05) is 18.2 Å². The molecule has 1 N–H and O–H groups in total. The van der Waals surface area contributed by atoms with Gasteiger partial charge in [-0.15, -0.1) is 0 Å². The maximum Gasteiger partial charge on any atom is 0.0595 e. The van der Waals surface area contributed by atoms with Crippen LogP contribution in [0.3, 0.4) is 0 Å². The number of hydrogen-bond donors (Lipinski definition) is 1. The minimum atomic E-state index is 0.345. The lowest BCUT2D eigenvalue weighted by atomic mass is 10.1. The van der Waals surface area contributed by atoms with E-state index in [1.165, 1.54) is 31.2 Å². The van der Waals surface area contributed by atoms with Crippen molar-refractivity contribution in [3.8, 4) is 0 Å². The van der Waals surface area contributed by atoms with Crippen molar-refractivity contribution in [2.75, 3.05) is 0 Å². The summed E-state index contributed by atoms with van der Waals surface area (Å²) >= 11 is 11.9. The van der Waals surface area contributed by atoms with E-state index in [0.29, 0.717) is 22.1 Å². The van der Waals surface area contributed by atoms with Crippen LogP contribution in [-0.4, -0.2) is 6.04 Å². The molecule has 1 aromatic rings. The minimum Gasteiger partial charge on any atom is -0.307 e. The van der Waals surface area contributed by atoms with E-state index in [-0.39, 0.29) is 0 Å². The van der Waals surface area contributed by atoms with Crippen molar-refractivity contribution in [3.05, 3.63) is 33.8 Å². The molecule has 2 rings (SSSR count). The van der Waals surface area contributed by atoms with Crippen molar-refractivity contribution >= 4 is 23.2 Å². The zero-order chi connectivity index (χ0) is 11.5. The molecule has 0 spiro atoms. The molecular formula is C13H17Cl2N. The van der Waals surface area contributed by atoms with Crippen LogP contribution in [0.4, 0.5) is 0 Å². The molecule has 1 fully saturated rings. The fraction of sp³-hybridized carbons (Fsp3) is 0.538. The van der Waals surface area contributed by atoms with Crippen LogP contribution >= 0.6 is 23.2 Å². The third-order valence-electron chi connectivity index (χ3n) is 3.28. The van der Waals surface area contributed by atoms with Crippen LogP contribution in [0.25, 0.3) is 0 Å². The lowest BCUT2D eigenvalue weighted by Gasteiger charge is -2.19. The SMILES string of the molecule is CC(NC1CCCC1)c1ccc(Cl)c(Cl)c1. The van der Waals surface area contributed by atoms with Gasteiger partial charge in [0.05, 0.1) is 10.0 Å². The average Bonchev–Trinajstić information content (AvgIpc) is 2.74. The second-order valence-electron chi connectivity index (χ2n) is 4.54. The highest BCUT2D eigenvalue weighted by atomic mass is 35.5. The van der Waals surface area contributed by atoms with Gasteiger partial charge < -0.3 is 5.32 Å². The van der Waals surface area contributed by atoms with E-state index in [1.54, 1.807) is 0 Å². The molecule has 88 valence electrons. The van der Waals surface area contributed by atoms with E-state index < -0.39 is 0 Å². The van der Waals surface area contributed by atoms with Gasteiger partial charge >= 0.3 is 0 Å². The van der Waals surface area contributed by atoms with Crippen molar-refractivity contribution in [2.24, 2.45) is 0 Å². The number of benzene rings is 1. The fourth-order valence-corrected chi connectivity index (χ4v) is 2.63. The molecule has 0 amide bonds. The van der Waals surface area contributed by atoms with Gasteiger partial charge in [0.2, 0.25) is 0 Å². The maximum absolute atomic E-state index is 6.01. The van der Waals surface area contributed by atoms with Gasteiger partial charge in [0.1, 0.15) is 0 Å². The van der Waals surface area contributed by atoms with Crippen LogP contribution in [-0.2, 0) is 0 Å². The first-order valence-electron chi connectivity index (χ1n) is 5.88. The number of nitrogens with one attached hydrogen (secondary N) is 1. The summed E-state index contributed by atoms with van der Waals surface area (Å²) in [6.45, 7) is 2.18. The Morgan fingerprint density at radius 1 is 1.19 bits per heavy atom. The lowest BCUT2D eigenvalue weighted by molar-refractivity contribution is 0.461. The first-order valence-corrected chi connectivity index (χ1v) is 6.63. The van der Waals surface area contributed by atoms with Crippen molar-refractivity contribution in [1.82, 2.24) is 5.32 Å². The van der Waals surface area contributed by atoms with Crippen LogP contribution in [0.5, 0.6) is 0 Å². The molecule has 1 nitrogen and oxygen atoms in total. The Morgan fingerprint density at radius 3 is 2.50 bits per heavy atom. The predicted molar refractivity (Wildman–Crippen MR) is 70.3 cm³/mol. The second-order valence-corrected chi connectivity index (χ2v) is 5.36. The van der Waals surface area contributed by atoms with Crippen LogP contribution in [0.2, 0.25) is 10.0 Å². The van der Waals surface area contributed by atoms with E-state index in [9.17, 15) is 0 Å². The minimum absolute atomic E-state index is 0.345. The van der Waals surface area contributed by atoms with Gasteiger partial charge in [0.25, 0.3) is 0 Å². The van der Waals surface area contributed by atoms with E-state index in [4.69, 9.17) is 23.2 Å². The molecule has 1 unspecified atom stereocenters. The Hall–Kier alpha value is -0.240. The van der Waals surface area contributed by atoms with Gasteiger partial charge in [-0.1, -0.05) is 42.1 Å². The second kappa shape index (κ2) is 5.39. The molecule has 1 aliphatic rings. The standard InChI is InChI=1S/C13H17Cl2N/c1-9(16-11-4-2-3-5-11)10-6-7-12(14)13(15)8-10/h6-9,11,16H,2-5H2,1H3. The Labute approximate surface area is 107 Å². The summed E-state index contributed by atoms with van der Waals surface area (Å²) in [7, 11) is 0. The van der Waals surface area contributed by atoms with Gasteiger partial charge in [-0.05, 0) is 37.5 Å². The van der Waals surface area contributed by atoms with Crippen molar-refractivity contribution in [3.63, 3.8) is 0 Å². The molecule has 0 bridgehead atoms. The molecule has 3 heteroatoms. The van der Waals surface area contributed by atoms with Crippen LogP contribution in [0.15, 0.2) is 18.2 Å². The van der Waals surface area contributed by atoms with Gasteiger partial charge in [0, 0.05) is 12.1 Å². The number of halogens is 2. The molecule has 1 aromatic carbocycles. The summed E-state index contributed by atoms with van der Waals surface area (Å²) < 4.78 is 0. The van der Waals surface area contributed by atoms with Crippen molar-refractivity contribution in [2.45, 2.75) is 44.7 Å². The maximum atomic E-state index is 6.01. The molecule has 0 saturated heterocycles. The summed E-state index contributed by atoms with van der Waals surface area (Å²) in [6.07, 6.45) is 5.30. The molecule has 1 atom stereocenters. The third kappa shape index (κ3) is 2.91. The monoisotopic (exact) mass is 257 g/mol. The van der Waals surface area contributed by atoms with Crippen LogP contribution in [0.1, 0.15) is 44.2 Å². The van der Waals surface area contributed by atoms with Gasteiger partial charge in [-0.3, -0.25) is 0 Å².